The number of carbonyl (C=O) groups excluding carboxylic acids is 1. The normalized spacial score (nSPS) is 10.0. The molecule has 0 fully saturated rings. The van der Waals surface area contributed by atoms with Crippen LogP contribution in [0.15, 0.2) is 37.1 Å². The lowest BCUT2D eigenvalue weighted by molar-refractivity contribution is 0.1000. The summed E-state index contributed by atoms with van der Waals surface area (Å²) in [5.41, 5.74) is 5.48. The third-order valence-corrected chi connectivity index (χ3v) is 1.80. The highest BCUT2D eigenvalue weighted by Crippen LogP contribution is 2.04. The molecule has 0 aliphatic rings. The minimum Gasteiger partial charge on any atom is -0.366 e. The van der Waals surface area contributed by atoms with E-state index in [9.17, 15) is 4.79 Å². The van der Waals surface area contributed by atoms with Crippen molar-refractivity contribution in [3.8, 4) is 5.82 Å². The van der Waals surface area contributed by atoms with E-state index in [1.54, 1.807) is 35.4 Å². The molecule has 0 unspecified atom stereocenters. The first-order valence-corrected chi connectivity index (χ1v) is 4.01. The van der Waals surface area contributed by atoms with Crippen molar-refractivity contribution in [2.24, 2.45) is 5.73 Å². The smallest absolute Gasteiger partial charge is 0.250 e. The summed E-state index contributed by atoms with van der Waals surface area (Å²) in [5, 5.41) is 0. The maximum Gasteiger partial charge on any atom is 0.250 e. The number of nitrogens with zero attached hydrogens (tertiary/aromatic N) is 3. The van der Waals surface area contributed by atoms with Crippen LogP contribution in [0.2, 0.25) is 0 Å². The molecule has 0 saturated heterocycles. The quantitative estimate of drug-likeness (QED) is 0.739. The predicted molar refractivity (Wildman–Crippen MR) is 49.9 cm³/mol. The molecule has 0 radical (unpaired) electrons. The summed E-state index contributed by atoms with van der Waals surface area (Å²) in [6.45, 7) is 0. The van der Waals surface area contributed by atoms with Crippen LogP contribution < -0.4 is 5.73 Å². The second-order valence-electron chi connectivity index (χ2n) is 2.74. The van der Waals surface area contributed by atoms with Crippen molar-refractivity contribution in [2.75, 3.05) is 0 Å². The first-order valence-electron chi connectivity index (χ1n) is 4.01. The fourth-order valence-electron chi connectivity index (χ4n) is 1.08. The van der Waals surface area contributed by atoms with Crippen molar-refractivity contribution in [1.29, 1.82) is 0 Å². The molecule has 2 aromatic heterocycles. The van der Waals surface area contributed by atoms with Crippen molar-refractivity contribution in [1.82, 2.24) is 14.5 Å². The van der Waals surface area contributed by atoms with Crippen molar-refractivity contribution in [2.45, 2.75) is 0 Å². The first-order chi connectivity index (χ1) is 6.77. The minimum absolute atomic E-state index is 0.397. The Kier molecular flexibility index (Phi) is 1.98. The summed E-state index contributed by atoms with van der Waals surface area (Å²) in [6.07, 6.45) is 6.50. The summed E-state index contributed by atoms with van der Waals surface area (Å²) in [6, 6.07) is 3.34. The molecule has 5 nitrogen and oxygen atoms in total. The molecule has 0 bridgehead atoms. The van der Waals surface area contributed by atoms with Gasteiger partial charge in [-0.05, 0) is 12.1 Å². The summed E-state index contributed by atoms with van der Waals surface area (Å²) < 4.78 is 1.74. The zero-order valence-electron chi connectivity index (χ0n) is 7.29. The van der Waals surface area contributed by atoms with Gasteiger partial charge in [0.2, 0.25) is 5.91 Å². The third-order valence-electron chi connectivity index (χ3n) is 1.80. The van der Waals surface area contributed by atoms with E-state index in [2.05, 4.69) is 9.97 Å². The van der Waals surface area contributed by atoms with Gasteiger partial charge in [0.15, 0.2) is 0 Å². The number of pyridine rings is 1. The monoisotopic (exact) mass is 188 g/mol. The zero-order valence-corrected chi connectivity index (χ0v) is 7.29. The van der Waals surface area contributed by atoms with Gasteiger partial charge in [-0.2, -0.15) is 0 Å². The molecule has 0 aliphatic heterocycles. The molecule has 2 aromatic rings. The topological polar surface area (TPSA) is 73.8 Å². The van der Waals surface area contributed by atoms with E-state index in [4.69, 9.17) is 5.73 Å². The molecule has 0 saturated carbocycles. The lowest BCUT2D eigenvalue weighted by atomic mass is 10.3. The van der Waals surface area contributed by atoms with E-state index < -0.39 is 5.91 Å². The summed E-state index contributed by atoms with van der Waals surface area (Å²) in [5.74, 6) is 0.224. The van der Waals surface area contributed by atoms with Gasteiger partial charge in [0.1, 0.15) is 12.1 Å². The second kappa shape index (κ2) is 3.29. The van der Waals surface area contributed by atoms with Crippen LogP contribution >= 0.6 is 0 Å². The third kappa shape index (κ3) is 1.47. The Morgan fingerprint density at radius 3 is 2.79 bits per heavy atom. The number of hydrogen-bond acceptors (Lipinski definition) is 3. The van der Waals surface area contributed by atoms with Gasteiger partial charge >= 0.3 is 0 Å². The molecule has 0 aromatic carbocycles. The van der Waals surface area contributed by atoms with Crippen LogP contribution in [-0.2, 0) is 0 Å². The maximum atomic E-state index is 10.8. The molecule has 0 aliphatic carbocycles. The Labute approximate surface area is 80.2 Å². The van der Waals surface area contributed by atoms with Gasteiger partial charge in [-0.3, -0.25) is 9.36 Å². The van der Waals surface area contributed by atoms with E-state index in [-0.39, 0.29) is 0 Å². The Balaban J connectivity index is 2.36. The van der Waals surface area contributed by atoms with Crippen LogP contribution in [0.1, 0.15) is 10.4 Å². The van der Waals surface area contributed by atoms with Crippen LogP contribution in [0, 0.1) is 0 Å². The lowest BCUT2D eigenvalue weighted by Gasteiger charge is -2.00. The predicted octanol–water partition coefficient (Wildman–Crippen LogP) is 0.366. The van der Waals surface area contributed by atoms with Crippen molar-refractivity contribution in [3.05, 3.63) is 42.6 Å². The molecule has 1 amide bonds. The van der Waals surface area contributed by atoms with Gasteiger partial charge in [-0.1, -0.05) is 0 Å². The van der Waals surface area contributed by atoms with E-state index in [1.807, 2.05) is 0 Å². The molecule has 14 heavy (non-hydrogen) atoms. The Morgan fingerprint density at radius 2 is 2.29 bits per heavy atom. The molecule has 2 N–H and O–H groups in total. The molecule has 2 heterocycles. The second-order valence-corrected chi connectivity index (χ2v) is 2.74. The average Bonchev–Trinajstić information content (AvgIpc) is 2.71. The molecular weight excluding hydrogens is 180 g/mol. The van der Waals surface area contributed by atoms with Gasteiger partial charge < -0.3 is 5.73 Å². The minimum atomic E-state index is -0.477. The number of imidazole rings is 1. The number of nitrogens with two attached hydrogens (primary N) is 1. The highest BCUT2D eigenvalue weighted by molar-refractivity contribution is 5.92. The molecule has 70 valence electrons. The average molecular weight is 188 g/mol. The summed E-state index contributed by atoms with van der Waals surface area (Å²) in [4.78, 5) is 18.7. The van der Waals surface area contributed by atoms with Crippen molar-refractivity contribution < 1.29 is 4.79 Å². The van der Waals surface area contributed by atoms with Crippen LogP contribution in [0.4, 0.5) is 0 Å². The Hall–Kier alpha value is -2.17. The van der Waals surface area contributed by atoms with E-state index in [0.29, 0.717) is 11.4 Å². The maximum absolute atomic E-state index is 10.8. The number of rotatable bonds is 2. The van der Waals surface area contributed by atoms with E-state index >= 15 is 0 Å². The van der Waals surface area contributed by atoms with Gasteiger partial charge in [-0.15, -0.1) is 0 Å². The number of amides is 1. The highest BCUT2D eigenvalue weighted by Gasteiger charge is 2.01. The molecule has 5 heteroatoms. The largest absolute Gasteiger partial charge is 0.366 e. The standard InChI is InChI=1S/C9H8N4O/c10-9(14)7-1-2-8(12-5-7)13-4-3-11-6-13/h1-6H,(H2,10,14). The van der Waals surface area contributed by atoms with Crippen LogP contribution in [0.3, 0.4) is 0 Å². The molecule has 0 spiro atoms. The van der Waals surface area contributed by atoms with Gasteiger partial charge in [0, 0.05) is 18.6 Å². The van der Waals surface area contributed by atoms with Crippen LogP contribution in [0.5, 0.6) is 0 Å². The van der Waals surface area contributed by atoms with E-state index in [0.717, 1.165) is 0 Å². The molecule has 0 atom stereocenters. The van der Waals surface area contributed by atoms with Crippen molar-refractivity contribution in [3.63, 3.8) is 0 Å². The lowest BCUT2D eigenvalue weighted by Crippen LogP contribution is -2.11. The van der Waals surface area contributed by atoms with Crippen LogP contribution in [-0.4, -0.2) is 20.4 Å². The number of primary amides is 1. The number of carbonyl (C=O) groups is 1. The Morgan fingerprint density at radius 1 is 1.43 bits per heavy atom. The fraction of sp³-hybridized carbons (Fsp3) is 0. The van der Waals surface area contributed by atoms with Crippen LogP contribution in [0.25, 0.3) is 5.82 Å². The number of hydrogen-bond donors (Lipinski definition) is 1. The zero-order chi connectivity index (χ0) is 9.97. The van der Waals surface area contributed by atoms with Gasteiger partial charge in [0.25, 0.3) is 0 Å². The molecule has 2 rings (SSSR count). The van der Waals surface area contributed by atoms with Gasteiger partial charge in [-0.25, -0.2) is 9.97 Å². The summed E-state index contributed by atoms with van der Waals surface area (Å²) in [7, 11) is 0. The first kappa shape index (κ1) is 8.43. The highest BCUT2D eigenvalue weighted by atomic mass is 16.1. The van der Waals surface area contributed by atoms with Gasteiger partial charge in [0.05, 0.1) is 5.56 Å². The number of aromatic nitrogens is 3. The Bertz CT molecular complexity index is 432. The van der Waals surface area contributed by atoms with E-state index in [1.165, 1.54) is 6.20 Å². The SMILES string of the molecule is NC(=O)c1ccc(-n2ccnc2)nc1. The van der Waals surface area contributed by atoms with Crippen molar-refractivity contribution >= 4 is 5.91 Å². The summed E-state index contributed by atoms with van der Waals surface area (Å²) >= 11 is 0. The fourth-order valence-corrected chi connectivity index (χ4v) is 1.08. The molecular formula is C9H8N4O.